The minimum absolute atomic E-state index is 0.174. The Bertz CT molecular complexity index is 506. The summed E-state index contributed by atoms with van der Waals surface area (Å²) < 4.78 is 27.6. The normalized spacial score (nSPS) is 33.6. The lowest BCUT2D eigenvalue weighted by atomic mass is 9.90. The Morgan fingerprint density at radius 3 is 2.48 bits per heavy atom. The van der Waals surface area contributed by atoms with Gasteiger partial charge in [-0.3, -0.25) is 4.79 Å². The summed E-state index contributed by atoms with van der Waals surface area (Å²) in [5, 5.41) is -0.238. The number of rotatable bonds is 2. The van der Waals surface area contributed by atoms with Gasteiger partial charge in [0, 0.05) is 12.0 Å². The SMILES string of the molecule is CC1CCC([S+](=O)([O-])N2CCC(=O)C3=C2CCCC3)CC1. The van der Waals surface area contributed by atoms with Crippen molar-refractivity contribution in [3.8, 4) is 0 Å². The molecule has 1 atom stereocenters. The number of carbonyl (C=O) groups excluding carboxylic acids is 1. The second kappa shape index (κ2) is 5.84. The molecule has 5 heteroatoms. The summed E-state index contributed by atoms with van der Waals surface area (Å²) in [7, 11) is -3.28. The number of allylic oxidation sites excluding steroid dienone is 2. The van der Waals surface area contributed by atoms with Gasteiger partial charge in [0.05, 0.1) is 12.2 Å². The highest BCUT2D eigenvalue weighted by Gasteiger charge is 2.43. The number of hydrogen-bond donors (Lipinski definition) is 0. The van der Waals surface area contributed by atoms with E-state index in [0.29, 0.717) is 18.9 Å². The van der Waals surface area contributed by atoms with Crippen LogP contribution in [0.1, 0.15) is 64.7 Å². The Morgan fingerprint density at radius 2 is 1.76 bits per heavy atom. The molecular weight excluding hydrogens is 286 g/mol. The van der Waals surface area contributed by atoms with E-state index in [4.69, 9.17) is 0 Å². The molecule has 3 rings (SSSR count). The van der Waals surface area contributed by atoms with Crippen molar-refractivity contribution >= 4 is 16.2 Å². The number of nitrogens with zero attached hydrogens (tertiary/aromatic N) is 1. The maximum atomic E-state index is 13.0. The van der Waals surface area contributed by atoms with Gasteiger partial charge in [-0.1, -0.05) is 11.1 Å². The highest BCUT2D eigenvalue weighted by Crippen LogP contribution is 2.39. The fourth-order valence-corrected chi connectivity index (χ4v) is 6.02. The van der Waals surface area contributed by atoms with E-state index in [2.05, 4.69) is 6.92 Å². The zero-order chi connectivity index (χ0) is 15.0. The van der Waals surface area contributed by atoms with Crippen LogP contribution in [0.25, 0.3) is 0 Å². The monoisotopic (exact) mass is 311 g/mol. The average Bonchev–Trinajstić information content (AvgIpc) is 2.48. The predicted molar refractivity (Wildman–Crippen MR) is 82.1 cm³/mol. The van der Waals surface area contributed by atoms with E-state index in [0.717, 1.165) is 62.6 Å². The molecule has 1 unspecified atom stereocenters. The van der Waals surface area contributed by atoms with E-state index in [1.54, 1.807) is 4.31 Å². The number of hydrogen-bond acceptors (Lipinski definition) is 3. The molecule has 0 saturated heterocycles. The van der Waals surface area contributed by atoms with Crippen LogP contribution in [0, 0.1) is 5.92 Å². The largest absolute Gasteiger partial charge is 0.593 e. The lowest BCUT2D eigenvalue weighted by Gasteiger charge is -2.41. The van der Waals surface area contributed by atoms with Crippen molar-refractivity contribution in [2.24, 2.45) is 5.92 Å². The zero-order valence-corrected chi connectivity index (χ0v) is 13.6. The van der Waals surface area contributed by atoms with Gasteiger partial charge in [0.15, 0.2) is 16.2 Å². The average molecular weight is 311 g/mol. The summed E-state index contributed by atoms with van der Waals surface area (Å²) in [5.74, 6) is 0.817. The van der Waals surface area contributed by atoms with Gasteiger partial charge in [0.2, 0.25) is 0 Å². The van der Waals surface area contributed by atoms with Gasteiger partial charge < -0.3 is 4.55 Å². The van der Waals surface area contributed by atoms with Gasteiger partial charge in [-0.25, -0.2) is 0 Å². The van der Waals surface area contributed by atoms with Crippen molar-refractivity contribution in [3.05, 3.63) is 11.3 Å². The van der Waals surface area contributed by atoms with Gasteiger partial charge in [-0.2, -0.15) is 4.31 Å². The van der Waals surface area contributed by atoms with Crippen LogP contribution in [0.5, 0.6) is 0 Å². The highest BCUT2D eigenvalue weighted by molar-refractivity contribution is 7.96. The smallest absolute Gasteiger partial charge is 0.162 e. The van der Waals surface area contributed by atoms with Crippen molar-refractivity contribution in [1.82, 2.24) is 4.31 Å². The Kier molecular flexibility index (Phi) is 4.23. The third-order valence-corrected chi connectivity index (χ3v) is 7.64. The van der Waals surface area contributed by atoms with E-state index in [9.17, 15) is 13.6 Å². The standard InChI is InChI=1S/C16H25NO3S/c1-12-6-8-13(9-7-12)21(19,20)17-11-10-16(18)14-4-2-3-5-15(14)17/h12-13H,2-11H2,1H3. The van der Waals surface area contributed by atoms with Gasteiger partial charge >= 0.3 is 0 Å². The van der Waals surface area contributed by atoms with Gasteiger partial charge in [-0.15, -0.1) is 0 Å². The Hall–Kier alpha value is -0.680. The minimum Gasteiger partial charge on any atom is -0.593 e. The van der Waals surface area contributed by atoms with Crippen molar-refractivity contribution < 1.29 is 13.6 Å². The molecule has 0 bridgehead atoms. The molecule has 0 aromatic carbocycles. The highest BCUT2D eigenvalue weighted by atomic mass is 32.3. The number of Topliss-reactive ketones (excluding diaryl/α,β-unsaturated/α-hetero) is 1. The van der Waals surface area contributed by atoms with Crippen molar-refractivity contribution in [1.29, 1.82) is 0 Å². The first-order valence-corrected chi connectivity index (χ1v) is 9.77. The second-order valence-corrected chi connectivity index (χ2v) is 8.94. The topological polar surface area (TPSA) is 60.4 Å². The van der Waals surface area contributed by atoms with Crippen LogP contribution < -0.4 is 0 Å². The van der Waals surface area contributed by atoms with Crippen molar-refractivity contribution in [3.63, 3.8) is 0 Å². The van der Waals surface area contributed by atoms with E-state index >= 15 is 0 Å². The number of ketones is 1. The predicted octanol–water partition coefficient (Wildman–Crippen LogP) is 3.21. The molecule has 1 saturated carbocycles. The molecule has 0 N–H and O–H groups in total. The van der Waals surface area contributed by atoms with Crippen LogP contribution >= 0.6 is 0 Å². The first-order valence-electron chi connectivity index (χ1n) is 8.27. The molecule has 2 aliphatic carbocycles. The maximum absolute atomic E-state index is 13.0. The van der Waals surface area contributed by atoms with Gasteiger partial charge in [0.25, 0.3) is 0 Å². The molecular formula is C16H25NO3S. The summed E-state index contributed by atoms with van der Waals surface area (Å²) in [6.45, 7) is 2.57. The molecule has 0 spiro atoms. The molecule has 21 heavy (non-hydrogen) atoms. The zero-order valence-electron chi connectivity index (χ0n) is 12.8. The minimum atomic E-state index is -3.28. The maximum Gasteiger partial charge on any atom is 0.162 e. The quantitative estimate of drug-likeness (QED) is 0.736. The van der Waals surface area contributed by atoms with E-state index in [1.165, 1.54) is 0 Å². The first-order chi connectivity index (χ1) is 10.00. The third-order valence-electron chi connectivity index (χ3n) is 5.31. The molecule has 3 aliphatic rings. The fourth-order valence-electron chi connectivity index (χ4n) is 3.94. The second-order valence-electron chi connectivity index (χ2n) is 6.80. The molecule has 0 aromatic rings. The number of carbonyl (C=O) groups is 1. The molecule has 0 amide bonds. The Balaban J connectivity index is 1.86. The molecule has 0 radical (unpaired) electrons. The van der Waals surface area contributed by atoms with Gasteiger partial charge in [0.1, 0.15) is 5.25 Å². The fraction of sp³-hybridized carbons (Fsp3) is 0.812. The van der Waals surface area contributed by atoms with Gasteiger partial charge in [-0.05, 0) is 57.3 Å². The lowest BCUT2D eigenvalue weighted by molar-refractivity contribution is -0.116. The van der Waals surface area contributed by atoms with E-state index in [1.807, 2.05) is 0 Å². The summed E-state index contributed by atoms with van der Waals surface area (Å²) in [6, 6.07) is 0. The van der Waals surface area contributed by atoms with Crippen LogP contribution in [0.3, 0.4) is 0 Å². The number of sulfonamides is 1. The molecule has 1 aliphatic heterocycles. The van der Waals surface area contributed by atoms with Crippen LogP contribution in [0.2, 0.25) is 0 Å². The summed E-state index contributed by atoms with van der Waals surface area (Å²) in [5.41, 5.74) is 1.64. The molecule has 1 fully saturated rings. The molecule has 0 aromatic heterocycles. The van der Waals surface area contributed by atoms with E-state index < -0.39 is 10.4 Å². The van der Waals surface area contributed by atoms with E-state index in [-0.39, 0.29) is 11.0 Å². The first kappa shape index (κ1) is 15.2. The third kappa shape index (κ3) is 2.82. The van der Waals surface area contributed by atoms with Crippen molar-refractivity contribution in [2.45, 2.75) is 70.0 Å². The Labute approximate surface area is 128 Å². The molecule has 118 valence electrons. The molecule has 1 heterocycles. The Morgan fingerprint density at radius 1 is 1.10 bits per heavy atom. The van der Waals surface area contributed by atoms with Crippen LogP contribution in [0.4, 0.5) is 0 Å². The summed E-state index contributed by atoms with van der Waals surface area (Å²) in [4.78, 5) is 12.0. The van der Waals surface area contributed by atoms with Crippen molar-refractivity contribution in [2.75, 3.05) is 6.54 Å². The van der Waals surface area contributed by atoms with Crippen LogP contribution in [-0.2, 0) is 19.4 Å². The molecule has 4 nitrogen and oxygen atoms in total. The van der Waals surface area contributed by atoms with Crippen LogP contribution in [-0.4, -0.2) is 26.4 Å². The summed E-state index contributed by atoms with van der Waals surface area (Å²) in [6.07, 6.45) is 7.45. The lowest BCUT2D eigenvalue weighted by Crippen LogP contribution is -2.48. The summed E-state index contributed by atoms with van der Waals surface area (Å²) >= 11 is 0. The van der Waals surface area contributed by atoms with Crippen LogP contribution in [0.15, 0.2) is 11.3 Å².